The molecule has 1 aliphatic rings. The van der Waals surface area contributed by atoms with Gasteiger partial charge in [0, 0.05) is 44.1 Å². The summed E-state index contributed by atoms with van der Waals surface area (Å²) in [5, 5.41) is 17.1. The zero-order chi connectivity index (χ0) is 30.3. The van der Waals surface area contributed by atoms with E-state index >= 15 is 0 Å². The van der Waals surface area contributed by atoms with E-state index in [1.54, 1.807) is 71.9 Å². The summed E-state index contributed by atoms with van der Waals surface area (Å²) in [6.07, 6.45) is 2.90. The lowest BCUT2D eigenvalue weighted by molar-refractivity contribution is -0.137. The van der Waals surface area contributed by atoms with E-state index in [9.17, 15) is 24.3 Å². The number of aromatic nitrogens is 1. The molecule has 3 N–H and O–H groups in total. The van der Waals surface area contributed by atoms with Crippen molar-refractivity contribution in [1.82, 2.24) is 15.2 Å². The Hall–Kier alpha value is -5.03. The van der Waals surface area contributed by atoms with Gasteiger partial charge in [0.1, 0.15) is 0 Å². The topological polar surface area (TPSA) is 132 Å². The molecule has 0 radical (unpaired) electrons. The van der Waals surface area contributed by atoms with Crippen LogP contribution in [-0.4, -0.2) is 64.9 Å². The molecule has 10 nitrogen and oxygen atoms in total. The first-order valence-corrected chi connectivity index (χ1v) is 14.7. The van der Waals surface area contributed by atoms with Gasteiger partial charge in [0.2, 0.25) is 0 Å². The van der Waals surface area contributed by atoms with Crippen molar-refractivity contribution in [2.45, 2.75) is 19.4 Å². The van der Waals surface area contributed by atoms with Crippen LogP contribution in [0.15, 0.2) is 84.5 Å². The number of thiophene rings is 1. The fraction of sp³-hybridized carbons (Fsp3) is 0.219. The van der Waals surface area contributed by atoms with Crippen molar-refractivity contribution in [2.75, 3.05) is 36.4 Å². The molecule has 220 valence electrons. The molecule has 1 fully saturated rings. The van der Waals surface area contributed by atoms with E-state index < -0.39 is 17.9 Å². The van der Waals surface area contributed by atoms with Gasteiger partial charge in [-0.05, 0) is 54.3 Å². The molecule has 11 heteroatoms. The molecule has 3 heterocycles. The second kappa shape index (κ2) is 13.3. The van der Waals surface area contributed by atoms with Crippen LogP contribution in [0.25, 0.3) is 0 Å². The van der Waals surface area contributed by atoms with Gasteiger partial charge in [0.15, 0.2) is 0 Å². The number of hydrogen-bond donors (Lipinski definition) is 3. The Morgan fingerprint density at radius 1 is 0.930 bits per heavy atom. The zero-order valence-electron chi connectivity index (χ0n) is 23.5. The van der Waals surface area contributed by atoms with Crippen molar-refractivity contribution in [1.29, 1.82) is 0 Å². The number of carboxylic acids is 1. The van der Waals surface area contributed by atoms with Gasteiger partial charge in [0.05, 0.1) is 34.3 Å². The van der Waals surface area contributed by atoms with Crippen molar-refractivity contribution in [2.24, 2.45) is 0 Å². The largest absolute Gasteiger partial charge is 0.481 e. The van der Waals surface area contributed by atoms with E-state index in [4.69, 9.17) is 0 Å². The maximum Gasteiger partial charge on any atom is 0.305 e. The fourth-order valence-corrected chi connectivity index (χ4v) is 5.55. The van der Waals surface area contributed by atoms with E-state index in [1.807, 2.05) is 24.4 Å². The molecule has 2 aromatic heterocycles. The van der Waals surface area contributed by atoms with E-state index in [0.29, 0.717) is 47.9 Å². The Morgan fingerprint density at radius 2 is 1.70 bits per heavy atom. The Bertz CT molecular complexity index is 1600. The van der Waals surface area contributed by atoms with Crippen LogP contribution < -0.4 is 15.5 Å². The average Bonchev–Trinajstić information content (AvgIpc) is 3.57. The monoisotopic (exact) mass is 597 g/mol. The van der Waals surface area contributed by atoms with Gasteiger partial charge >= 0.3 is 5.97 Å². The molecule has 0 spiro atoms. The van der Waals surface area contributed by atoms with Crippen LogP contribution in [0.2, 0.25) is 0 Å². The van der Waals surface area contributed by atoms with Crippen LogP contribution in [0.3, 0.4) is 0 Å². The molecule has 1 saturated heterocycles. The van der Waals surface area contributed by atoms with Crippen LogP contribution >= 0.6 is 11.3 Å². The molecule has 5 rings (SSSR count). The van der Waals surface area contributed by atoms with Gasteiger partial charge in [-0.2, -0.15) is 0 Å². The van der Waals surface area contributed by atoms with Crippen molar-refractivity contribution in [3.63, 3.8) is 0 Å². The molecule has 3 amide bonds. The third kappa shape index (κ3) is 7.25. The number of aryl methyl sites for hydroxylation is 1. The highest BCUT2D eigenvalue weighted by Gasteiger charge is 2.26. The molecule has 0 saturated carbocycles. The summed E-state index contributed by atoms with van der Waals surface area (Å²) in [5.41, 5.74) is 3.68. The number of carboxylic acid groups (broad SMARTS) is 1. The van der Waals surface area contributed by atoms with E-state index in [1.165, 1.54) is 11.3 Å². The predicted octanol–water partition coefficient (Wildman–Crippen LogP) is 4.61. The molecule has 2 aromatic carbocycles. The Kier molecular flexibility index (Phi) is 9.11. The summed E-state index contributed by atoms with van der Waals surface area (Å²) in [5.74, 6) is -1.89. The Labute approximate surface area is 253 Å². The summed E-state index contributed by atoms with van der Waals surface area (Å²) in [4.78, 5) is 59.4. The number of piperazine rings is 1. The highest BCUT2D eigenvalue weighted by molar-refractivity contribution is 7.12. The fourth-order valence-electron chi connectivity index (χ4n) is 4.93. The first-order valence-electron chi connectivity index (χ1n) is 13.8. The minimum absolute atomic E-state index is 0.0875. The number of carbonyl (C=O) groups is 4. The first-order chi connectivity index (χ1) is 20.8. The number of rotatable bonds is 9. The normalized spacial score (nSPS) is 13.7. The number of aliphatic carboxylic acids is 1. The maximum absolute atomic E-state index is 13.4. The number of nitrogens with one attached hydrogen (secondary N) is 2. The lowest BCUT2D eigenvalue weighted by Gasteiger charge is -2.37. The third-order valence-corrected chi connectivity index (χ3v) is 8.10. The number of benzene rings is 2. The number of anilines is 2. The molecule has 43 heavy (non-hydrogen) atoms. The van der Waals surface area contributed by atoms with Gasteiger partial charge < -0.3 is 25.5 Å². The summed E-state index contributed by atoms with van der Waals surface area (Å²) in [6.45, 7) is 3.92. The lowest BCUT2D eigenvalue weighted by atomic mass is 10.0. The van der Waals surface area contributed by atoms with E-state index in [2.05, 4.69) is 20.5 Å². The zero-order valence-corrected chi connectivity index (χ0v) is 24.3. The molecule has 1 unspecified atom stereocenters. The van der Waals surface area contributed by atoms with Crippen molar-refractivity contribution < 1.29 is 24.3 Å². The average molecular weight is 598 g/mol. The number of amides is 3. The van der Waals surface area contributed by atoms with Crippen molar-refractivity contribution >= 4 is 46.4 Å². The van der Waals surface area contributed by atoms with Crippen LogP contribution in [-0.2, 0) is 4.79 Å². The molecular formula is C32H31N5O5S. The Balaban J connectivity index is 1.37. The summed E-state index contributed by atoms with van der Waals surface area (Å²) in [6, 6.07) is 18.6. The van der Waals surface area contributed by atoms with E-state index in [0.717, 1.165) is 11.3 Å². The molecule has 0 bridgehead atoms. The molecule has 1 atom stereocenters. The third-order valence-electron chi connectivity index (χ3n) is 7.23. The quantitative estimate of drug-likeness (QED) is 0.257. The number of pyridine rings is 1. The minimum Gasteiger partial charge on any atom is -0.481 e. The van der Waals surface area contributed by atoms with Gasteiger partial charge in [-0.15, -0.1) is 11.3 Å². The van der Waals surface area contributed by atoms with E-state index in [-0.39, 0.29) is 23.8 Å². The van der Waals surface area contributed by atoms with Gasteiger partial charge in [-0.3, -0.25) is 24.2 Å². The first kappa shape index (κ1) is 29.5. The second-order valence-corrected chi connectivity index (χ2v) is 11.2. The molecular weight excluding hydrogens is 566 g/mol. The van der Waals surface area contributed by atoms with Crippen molar-refractivity contribution in [3.8, 4) is 0 Å². The van der Waals surface area contributed by atoms with Crippen LogP contribution in [0.5, 0.6) is 0 Å². The smallest absolute Gasteiger partial charge is 0.305 e. The maximum atomic E-state index is 13.4. The van der Waals surface area contributed by atoms with Crippen LogP contribution in [0.4, 0.5) is 11.4 Å². The summed E-state index contributed by atoms with van der Waals surface area (Å²) in [7, 11) is 0. The predicted molar refractivity (Wildman–Crippen MR) is 165 cm³/mol. The Morgan fingerprint density at radius 3 is 2.35 bits per heavy atom. The highest BCUT2D eigenvalue weighted by Crippen LogP contribution is 2.30. The van der Waals surface area contributed by atoms with Crippen LogP contribution in [0.1, 0.15) is 54.0 Å². The number of hydrogen-bond acceptors (Lipinski definition) is 7. The van der Waals surface area contributed by atoms with Crippen LogP contribution in [0, 0.1) is 6.92 Å². The molecule has 1 aliphatic heterocycles. The highest BCUT2D eigenvalue weighted by atomic mass is 32.1. The second-order valence-electron chi connectivity index (χ2n) is 10.2. The van der Waals surface area contributed by atoms with Gasteiger partial charge in [-0.25, -0.2) is 0 Å². The van der Waals surface area contributed by atoms with Crippen molar-refractivity contribution in [3.05, 3.63) is 112 Å². The number of nitrogens with zero attached hydrogens (tertiary/aromatic N) is 3. The van der Waals surface area contributed by atoms with Gasteiger partial charge in [-0.1, -0.05) is 35.9 Å². The SMILES string of the molecule is Cc1ccc(C(CC(=O)O)NC(=O)c2ccc(N3CCN(C(=O)c4cccnc4)CC3)c(NC(=O)c3cccs3)c2)cc1. The van der Waals surface area contributed by atoms with Gasteiger partial charge in [0.25, 0.3) is 17.7 Å². The summed E-state index contributed by atoms with van der Waals surface area (Å²) >= 11 is 1.31. The summed E-state index contributed by atoms with van der Waals surface area (Å²) < 4.78 is 0. The standard InChI is InChI=1S/C32H31N5O5S/c1-21-6-8-22(9-7-21)25(19-29(38)39)34-30(40)23-10-11-27(26(18-23)35-31(41)28-5-3-17-43-28)36-13-15-37(16-14-36)32(42)24-4-2-12-33-20-24/h2-12,17-18,20,25H,13-16,19H2,1H3,(H,34,40)(H,35,41)(H,38,39). The minimum atomic E-state index is -1.04. The molecule has 4 aromatic rings. The molecule has 0 aliphatic carbocycles. The lowest BCUT2D eigenvalue weighted by Crippen LogP contribution is -2.49. The number of carbonyl (C=O) groups excluding carboxylic acids is 3.